The maximum Gasteiger partial charge on any atom is 0.231 e. The highest BCUT2D eigenvalue weighted by Crippen LogP contribution is 2.43. The normalized spacial score (nSPS) is 15.7. The smallest absolute Gasteiger partial charge is 0.231 e. The lowest BCUT2D eigenvalue weighted by molar-refractivity contribution is -0.132. The highest BCUT2D eigenvalue weighted by Gasteiger charge is 2.43. The summed E-state index contributed by atoms with van der Waals surface area (Å²) in [6.45, 7) is 3.84. The molecule has 1 aliphatic rings. The average molecular weight is 348 g/mol. The van der Waals surface area contributed by atoms with Crippen LogP contribution in [-0.4, -0.2) is 32.1 Å². The summed E-state index contributed by atoms with van der Waals surface area (Å²) in [5.74, 6) is 0.996. The molecule has 0 spiro atoms. The van der Waals surface area contributed by atoms with Crippen LogP contribution in [-0.2, 0) is 9.59 Å². The fourth-order valence-corrected chi connectivity index (χ4v) is 3.37. The molecule has 1 aliphatic carbocycles. The maximum absolute atomic E-state index is 13.0. The van der Waals surface area contributed by atoms with Crippen molar-refractivity contribution in [2.24, 2.45) is 5.41 Å². The summed E-state index contributed by atoms with van der Waals surface area (Å²) in [6, 6.07) is 5.32. The maximum atomic E-state index is 13.0. The molecule has 2 N–H and O–H groups in total. The van der Waals surface area contributed by atoms with Crippen molar-refractivity contribution in [1.29, 1.82) is 0 Å². The summed E-state index contributed by atoms with van der Waals surface area (Å²) in [5, 5.41) is 5.85. The van der Waals surface area contributed by atoms with Gasteiger partial charge in [0.2, 0.25) is 11.8 Å². The van der Waals surface area contributed by atoms with Crippen molar-refractivity contribution in [3.8, 4) is 11.5 Å². The minimum atomic E-state index is -0.649. The molecule has 138 valence electrons. The molecule has 1 saturated carbocycles. The monoisotopic (exact) mass is 348 g/mol. The fraction of sp³-hybridized carbons (Fsp3) is 0.579. The van der Waals surface area contributed by atoms with E-state index in [0.717, 1.165) is 25.7 Å². The number of hydrogen-bond acceptors (Lipinski definition) is 4. The van der Waals surface area contributed by atoms with Crippen LogP contribution in [0.1, 0.15) is 46.0 Å². The van der Waals surface area contributed by atoms with E-state index in [1.165, 1.54) is 0 Å². The number of hydrogen-bond donors (Lipinski definition) is 2. The summed E-state index contributed by atoms with van der Waals surface area (Å²) >= 11 is 0. The van der Waals surface area contributed by atoms with Crippen LogP contribution in [0.15, 0.2) is 18.2 Å². The molecule has 25 heavy (non-hydrogen) atoms. The molecule has 0 aromatic heterocycles. The van der Waals surface area contributed by atoms with E-state index in [1.54, 1.807) is 32.4 Å². The van der Waals surface area contributed by atoms with Crippen molar-refractivity contribution < 1.29 is 19.1 Å². The first-order chi connectivity index (χ1) is 11.9. The van der Waals surface area contributed by atoms with E-state index in [-0.39, 0.29) is 24.3 Å². The van der Waals surface area contributed by atoms with Gasteiger partial charge in [0.25, 0.3) is 0 Å². The van der Waals surface area contributed by atoms with Crippen LogP contribution in [0.5, 0.6) is 11.5 Å². The first-order valence-corrected chi connectivity index (χ1v) is 8.73. The van der Waals surface area contributed by atoms with Gasteiger partial charge in [-0.15, -0.1) is 0 Å². The zero-order chi connectivity index (χ0) is 18.4. The van der Waals surface area contributed by atoms with Crippen LogP contribution in [0.4, 0.5) is 5.69 Å². The number of nitrogens with one attached hydrogen (secondary N) is 2. The first-order valence-electron chi connectivity index (χ1n) is 8.73. The Balaban J connectivity index is 2.17. The predicted molar refractivity (Wildman–Crippen MR) is 97.0 cm³/mol. The molecule has 2 amide bonds. The third-order valence-corrected chi connectivity index (χ3v) is 4.65. The molecule has 1 aromatic rings. The lowest BCUT2D eigenvalue weighted by Gasteiger charge is -2.28. The van der Waals surface area contributed by atoms with E-state index < -0.39 is 5.41 Å². The van der Waals surface area contributed by atoms with Crippen LogP contribution in [0.3, 0.4) is 0 Å². The van der Waals surface area contributed by atoms with Gasteiger partial charge in [-0.2, -0.15) is 0 Å². The van der Waals surface area contributed by atoms with Crippen LogP contribution in [0.2, 0.25) is 0 Å². The van der Waals surface area contributed by atoms with Gasteiger partial charge in [0, 0.05) is 18.5 Å². The number of benzene rings is 1. The highest BCUT2D eigenvalue weighted by molar-refractivity contribution is 5.99. The Morgan fingerprint density at radius 2 is 1.84 bits per heavy atom. The van der Waals surface area contributed by atoms with Crippen LogP contribution in [0.25, 0.3) is 0 Å². The number of rotatable bonds is 7. The summed E-state index contributed by atoms with van der Waals surface area (Å²) in [5.41, 5.74) is -0.0620. The summed E-state index contributed by atoms with van der Waals surface area (Å²) in [7, 11) is 3.12. The van der Waals surface area contributed by atoms with Gasteiger partial charge in [-0.25, -0.2) is 0 Å². The van der Waals surface area contributed by atoms with E-state index in [9.17, 15) is 9.59 Å². The molecule has 1 fully saturated rings. The van der Waals surface area contributed by atoms with Gasteiger partial charge >= 0.3 is 0 Å². The SMILES string of the molecule is COc1ccc(NC(=O)C2(CC(=O)NC(C)C)CCCC2)c(OC)c1. The Hall–Kier alpha value is -2.24. The molecule has 1 aromatic carbocycles. The number of carbonyl (C=O) groups is 2. The van der Waals surface area contributed by atoms with Crippen LogP contribution >= 0.6 is 0 Å². The van der Waals surface area contributed by atoms with E-state index in [2.05, 4.69) is 10.6 Å². The zero-order valence-electron chi connectivity index (χ0n) is 15.5. The predicted octanol–water partition coefficient (Wildman–Crippen LogP) is 3.12. The quantitative estimate of drug-likeness (QED) is 0.794. The second-order valence-electron chi connectivity index (χ2n) is 6.91. The third-order valence-electron chi connectivity index (χ3n) is 4.65. The lowest BCUT2D eigenvalue weighted by Crippen LogP contribution is -2.40. The molecule has 0 atom stereocenters. The lowest BCUT2D eigenvalue weighted by atomic mass is 9.81. The first kappa shape index (κ1) is 19.1. The standard InChI is InChI=1S/C19H28N2O4/c1-13(2)20-17(22)12-19(9-5-6-10-19)18(23)21-15-8-7-14(24-3)11-16(15)25-4/h7-8,11,13H,5-6,9-10,12H2,1-4H3,(H,20,22)(H,21,23). The zero-order valence-corrected chi connectivity index (χ0v) is 15.5. The van der Waals surface area contributed by atoms with Crippen molar-refractivity contribution in [2.45, 2.75) is 52.0 Å². The molecular weight excluding hydrogens is 320 g/mol. The van der Waals surface area contributed by atoms with Crippen molar-refractivity contribution >= 4 is 17.5 Å². The molecule has 6 nitrogen and oxygen atoms in total. The van der Waals surface area contributed by atoms with Crippen LogP contribution in [0, 0.1) is 5.41 Å². The molecule has 0 unspecified atom stereocenters. The molecule has 6 heteroatoms. The number of methoxy groups -OCH3 is 2. The summed E-state index contributed by atoms with van der Waals surface area (Å²) in [4.78, 5) is 25.2. The van der Waals surface area contributed by atoms with E-state index >= 15 is 0 Å². The topological polar surface area (TPSA) is 76.7 Å². The Morgan fingerprint density at radius 1 is 1.16 bits per heavy atom. The second kappa shape index (κ2) is 8.23. The third kappa shape index (κ3) is 4.65. The van der Waals surface area contributed by atoms with Gasteiger partial charge in [-0.05, 0) is 38.8 Å². The van der Waals surface area contributed by atoms with Gasteiger partial charge in [-0.1, -0.05) is 12.8 Å². The van der Waals surface area contributed by atoms with Gasteiger partial charge in [0.1, 0.15) is 11.5 Å². The summed E-state index contributed by atoms with van der Waals surface area (Å²) < 4.78 is 10.5. The number of ether oxygens (including phenoxy) is 2. The van der Waals surface area contributed by atoms with E-state index in [1.807, 2.05) is 13.8 Å². The molecule has 0 heterocycles. The summed E-state index contributed by atoms with van der Waals surface area (Å²) in [6.07, 6.45) is 3.59. The van der Waals surface area contributed by atoms with Crippen molar-refractivity contribution in [2.75, 3.05) is 19.5 Å². The van der Waals surface area contributed by atoms with E-state index in [0.29, 0.717) is 17.2 Å². The van der Waals surface area contributed by atoms with Crippen molar-refractivity contribution in [3.05, 3.63) is 18.2 Å². The minimum absolute atomic E-state index is 0.0655. The van der Waals surface area contributed by atoms with Gasteiger partial charge in [0.15, 0.2) is 0 Å². The molecule has 2 rings (SSSR count). The second-order valence-corrected chi connectivity index (χ2v) is 6.91. The number of anilines is 1. The van der Waals surface area contributed by atoms with Crippen LogP contribution < -0.4 is 20.1 Å². The fourth-order valence-electron chi connectivity index (χ4n) is 3.37. The Kier molecular flexibility index (Phi) is 6.28. The molecule has 0 saturated heterocycles. The van der Waals surface area contributed by atoms with E-state index in [4.69, 9.17) is 9.47 Å². The molecule has 0 bridgehead atoms. The van der Waals surface area contributed by atoms with Gasteiger partial charge in [0.05, 0.1) is 25.3 Å². The highest BCUT2D eigenvalue weighted by atomic mass is 16.5. The average Bonchev–Trinajstić information content (AvgIpc) is 3.04. The van der Waals surface area contributed by atoms with Gasteiger partial charge in [-0.3, -0.25) is 9.59 Å². The minimum Gasteiger partial charge on any atom is -0.497 e. The Morgan fingerprint density at radius 3 is 2.40 bits per heavy atom. The Labute approximate surface area is 149 Å². The largest absolute Gasteiger partial charge is 0.497 e. The Bertz CT molecular complexity index is 622. The van der Waals surface area contributed by atoms with Crippen molar-refractivity contribution in [3.63, 3.8) is 0 Å². The molecule has 0 radical (unpaired) electrons. The molecular formula is C19H28N2O4. The number of amides is 2. The molecule has 0 aliphatic heterocycles. The van der Waals surface area contributed by atoms with Crippen molar-refractivity contribution in [1.82, 2.24) is 5.32 Å². The van der Waals surface area contributed by atoms with Gasteiger partial charge < -0.3 is 20.1 Å². The number of carbonyl (C=O) groups excluding carboxylic acids is 2.